The Bertz CT molecular complexity index is 1750. The van der Waals surface area contributed by atoms with E-state index in [1.807, 2.05) is 24.3 Å². The summed E-state index contributed by atoms with van der Waals surface area (Å²) < 4.78 is 38.8. The first-order valence-corrected chi connectivity index (χ1v) is 19.1. The zero-order chi connectivity index (χ0) is 36.7. The highest BCUT2D eigenvalue weighted by atomic mass is 32.2. The lowest BCUT2D eigenvalue weighted by Crippen LogP contribution is -2.60. The van der Waals surface area contributed by atoms with E-state index in [2.05, 4.69) is 28.0 Å². The Labute approximate surface area is 298 Å². The van der Waals surface area contributed by atoms with Crippen molar-refractivity contribution in [2.24, 2.45) is 11.3 Å². The van der Waals surface area contributed by atoms with Crippen molar-refractivity contribution in [1.82, 2.24) is 25.2 Å². The Morgan fingerprint density at radius 1 is 1.12 bits per heavy atom. The van der Waals surface area contributed by atoms with Crippen molar-refractivity contribution in [2.45, 2.75) is 108 Å². The van der Waals surface area contributed by atoms with Gasteiger partial charge in [-0.1, -0.05) is 57.2 Å². The maximum Gasteiger partial charge on any atom is 0.410 e. The van der Waals surface area contributed by atoms with Gasteiger partial charge in [-0.25, -0.2) is 18.0 Å². The van der Waals surface area contributed by atoms with Crippen LogP contribution in [-0.4, -0.2) is 90.3 Å². The predicted octanol–water partition coefficient (Wildman–Crippen LogP) is 3.12. The Hall–Kier alpha value is -4.40. The molecule has 1 aromatic carbocycles. The summed E-state index contributed by atoms with van der Waals surface area (Å²) in [5.74, 6) is -2.72. The van der Waals surface area contributed by atoms with Gasteiger partial charge in [-0.3, -0.25) is 24.0 Å². The topological polar surface area (TPSA) is 181 Å². The highest BCUT2D eigenvalue weighted by molar-refractivity contribution is 7.91. The third-order valence-corrected chi connectivity index (χ3v) is 12.1. The van der Waals surface area contributed by atoms with Crippen LogP contribution in [0.1, 0.15) is 82.4 Å². The zero-order valence-electron chi connectivity index (χ0n) is 29.3. The zero-order valence-corrected chi connectivity index (χ0v) is 30.1. The SMILES string of the molecule is C=C[C@@H]1C[C@]1(NC(=O)[C@@H]1C[C@@H]2CN1C(=O)[C@H](C(C)(C)C)NC(=O)OCCCC/C=C\c1cccc3c1CN(C3)C(=O)O2)C(=O)NS(=O)(=O)C1CC1. The molecule has 3 fully saturated rings. The monoisotopic (exact) mass is 725 g/mol. The van der Waals surface area contributed by atoms with Crippen molar-refractivity contribution in [3.05, 3.63) is 53.6 Å². The fourth-order valence-corrected chi connectivity index (χ4v) is 8.42. The number of hydrogen-bond acceptors (Lipinski definition) is 9. The second kappa shape index (κ2) is 14.0. The third-order valence-electron chi connectivity index (χ3n) is 10.3. The third kappa shape index (κ3) is 7.77. The number of sulfonamides is 1. The van der Waals surface area contributed by atoms with E-state index in [-0.39, 0.29) is 26.0 Å². The second-order valence-corrected chi connectivity index (χ2v) is 17.2. The highest BCUT2D eigenvalue weighted by Gasteiger charge is 2.62. The normalized spacial score (nSPS) is 29.3. The van der Waals surface area contributed by atoms with E-state index in [0.717, 1.165) is 29.5 Å². The fourth-order valence-electron chi connectivity index (χ4n) is 7.06. The number of rotatable bonds is 6. The smallest absolute Gasteiger partial charge is 0.410 e. The van der Waals surface area contributed by atoms with Gasteiger partial charge in [0.2, 0.25) is 21.8 Å². The van der Waals surface area contributed by atoms with Gasteiger partial charge in [-0.05, 0) is 60.6 Å². The first kappa shape index (κ1) is 36.4. The van der Waals surface area contributed by atoms with Crippen molar-refractivity contribution in [3.8, 4) is 0 Å². The van der Waals surface area contributed by atoms with E-state index in [0.29, 0.717) is 32.4 Å². The Balaban J connectivity index is 1.27. The minimum absolute atomic E-state index is 0.0871. The maximum atomic E-state index is 14.3. The quantitative estimate of drug-likeness (QED) is 0.372. The number of hydrogen-bond donors (Lipinski definition) is 3. The van der Waals surface area contributed by atoms with Crippen LogP contribution in [0, 0.1) is 11.3 Å². The molecule has 1 saturated heterocycles. The molecular weight excluding hydrogens is 678 g/mol. The molecule has 51 heavy (non-hydrogen) atoms. The fraction of sp³-hybridized carbons (Fsp3) is 0.583. The van der Waals surface area contributed by atoms with Crippen molar-refractivity contribution < 1.29 is 41.9 Å². The summed E-state index contributed by atoms with van der Waals surface area (Å²) in [6.07, 6.45) is 6.36. The van der Waals surface area contributed by atoms with Crippen LogP contribution in [0.3, 0.4) is 0 Å². The lowest BCUT2D eigenvalue weighted by Gasteiger charge is -2.35. The summed E-state index contributed by atoms with van der Waals surface area (Å²) in [6, 6.07) is 3.56. The molecular formula is C36H47N5O9S. The number of carbonyl (C=O) groups is 5. The molecule has 0 radical (unpaired) electrons. The van der Waals surface area contributed by atoms with Crippen molar-refractivity contribution in [2.75, 3.05) is 13.2 Å². The maximum absolute atomic E-state index is 14.3. The first-order chi connectivity index (χ1) is 24.1. The van der Waals surface area contributed by atoms with Gasteiger partial charge < -0.3 is 25.0 Å². The number of alkyl carbamates (subject to hydrolysis) is 1. The number of nitrogens with one attached hydrogen (secondary N) is 3. The van der Waals surface area contributed by atoms with E-state index < -0.39 is 80.2 Å². The van der Waals surface area contributed by atoms with Gasteiger partial charge in [0.25, 0.3) is 5.91 Å². The molecule has 276 valence electrons. The standard InChI is InChI=1S/C36H47N5O9S/c1-5-24-18-36(24,32(44)39-51(47,48)26-14-15-26)38-30(42)28-17-25-20-41(28)31(43)29(35(2,3)4)37-33(45)49-16-9-7-6-8-11-22-12-10-13-23-19-40(21-27(22)23)34(46)50-25/h5,8,10-13,24-26,28-29H,1,6-7,9,14-21H2,2-4H3,(H,37,45)(H,38,42)(H,39,44)/b11-8-/t24-,25-,28+,29-,36-/m1/s1. The minimum atomic E-state index is -3.91. The van der Waals surface area contributed by atoms with Crippen LogP contribution in [0.2, 0.25) is 0 Å². The average Bonchev–Trinajstić information content (AvgIpc) is 3.96. The van der Waals surface area contributed by atoms with Gasteiger partial charge in [0.1, 0.15) is 23.7 Å². The molecule has 14 nitrogen and oxygen atoms in total. The summed E-state index contributed by atoms with van der Waals surface area (Å²) in [7, 11) is -3.91. The van der Waals surface area contributed by atoms with Crippen LogP contribution in [0.5, 0.6) is 0 Å². The molecule has 2 aliphatic carbocycles. The van der Waals surface area contributed by atoms with Crippen molar-refractivity contribution in [3.63, 3.8) is 0 Å². The van der Waals surface area contributed by atoms with Gasteiger partial charge in [-0.15, -0.1) is 6.58 Å². The number of benzene rings is 1. The number of allylic oxidation sites excluding steroid dienone is 1. The van der Waals surface area contributed by atoms with Crippen molar-refractivity contribution >= 4 is 46.0 Å². The van der Waals surface area contributed by atoms with E-state index in [1.165, 1.54) is 11.0 Å². The van der Waals surface area contributed by atoms with Gasteiger partial charge in [0.05, 0.1) is 24.9 Å². The second-order valence-electron chi connectivity index (χ2n) is 15.2. The summed E-state index contributed by atoms with van der Waals surface area (Å²) in [5, 5.41) is 4.77. The summed E-state index contributed by atoms with van der Waals surface area (Å²) >= 11 is 0. The van der Waals surface area contributed by atoms with Crippen LogP contribution >= 0.6 is 0 Å². The molecule has 3 N–H and O–H groups in total. The first-order valence-electron chi connectivity index (χ1n) is 17.6. The molecule has 5 amide bonds. The Morgan fingerprint density at radius 2 is 1.88 bits per heavy atom. The van der Waals surface area contributed by atoms with Gasteiger partial charge in [0, 0.05) is 18.9 Å². The summed E-state index contributed by atoms with van der Waals surface area (Å²) in [5.41, 5.74) is 0.612. The minimum Gasteiger partial charge on any atom is -0.450 e. The highest BCUT2D eigenvalue weighted by Crippen LogP contribution is 2.45. The Kier molecular flexibility index (Phi) is 9.96. The molecule has 0 aromatic heterocycles. The molecule has 0 spiro atoms. The lowest BCUT2D eigenvalue weighted by atomic mass is 9.85. The van der Waals surface area contributed by atoms with Crippen LogP contribution in [0.15, 0.2) is 36.9 Å². The molecule has 0 unspecified atom stereocenters. The molecule has 3 aliphatic heterocycles. The Morgan fingerprint density at radius 3 is 2.57 bits per heavy atom. The molecule has 5 aliphatic rings. The summed E-state index contributed by atoms with van der Waals surface area (Å²) in [6.45, 7) is 9.72. The molecule has 6 rings (SSSR count). The number of amides is 5. The van der Waals surface area contributed by atoms with Gasteiger partial charge >= 0.3 is 12.2 Å². The lowest BCUT2D eigenvalue weighted by molar-refractivity contribution is -0.142. The number of ether oxygens (including phenoxy) is 2. The molecule has 5 atom stereocenters. The van der Waals surface area contributed by atoms with E-state index >= 15 is 0 Å². The number of nitrogens with zero attached hydrogens (tertiary/aromatic N) is 2. The van der Waals surface area contributed by atoms with E-state index in [9.17, 15) is 32.4 Å². The van der Waals surface area contributed by atoms with E-state index in [4.69, 9.17) is 9.47 Å². The number of fused-ring (bicyclic) bond motifs is 3. The largest absolute Gasteiger partial charge is 0.450 e. The van der Waals surface area contributed by atoms with Crippen LogP contribution < -0.4 is 15.4 Å². The van der Waals surface area contributed by atoms with Gasteiger partial charge in [-0.2, -0.15) is 0 Å². The molecule has 2 saturated carbocycles. The molecule has 15 heteroatoms. The van der Waals surface area contributed by atoms with Crippen LogP contribution in [0.25, 0.3) is 6.08 Å². The molecule has 3 heterocycles. The van der Waals surface area contributed by atoms with Gasteiger partial charge in [0.15, 0.2) is 0 Å². The van der Waals surface area contributed by atoms with E-state index in [1.54, 1.807) is 25.7 Å². The average molecular weight is 726 g/mol. The van der Waals surface area contributed by atoms with Crippen LogP contribution in [0.4, 0.5) is 9.59 Å². The summed E-state index contributed by atoms with van der Waals surface area (Å²) in [4.78, 5) is 71.2. The van der Waals surface area contributed by atoms with Crippen molar-refractivity contribution in [1.29, 1.82) is 0 Å². The number of carbonyl (C=O) groups excluding carboxylic acids is 5. The molecule has 1 aromatic rings. The van der Waals surface area contributed by atoms with Crippen LogP contribution in [-0.2, 0) is 47.0 Å². The molecule has 4 bridgehead atoms. The predicted molar refractivity (Wildman–Crippen MR) is 186 cm³/mol. The number of cyclic esters (lactones) is 1.